The lowest BCUT2D eigenvalue weighted by atomic mass is 9.87. The van der Waals surface area contributed by atoms with Crippen molar-refractivity contribution < 1.29 is 4.79 Å². The summed E-state index contributed by atoms with van der Waals surface area (Å²) in [6, 6.07) is 0. The van der Waals surface area contributed by atoms with Gasteiger partial charge < -0.3 is 10.2 Å². The molecule has 1 amide bonds. The number of carbonyl (C=O) groups is 1. The number of fused-ring (bicyclic) bond motifs is 1. The van der Waals surface area contributed by atoms with Crippen molar-refractivity contribution in [2.45, 2.75) is 51.9 Å². The molecule has 0 bridgehead atoms. The molecule has 7 nitrogen and oxygen atoms in total. The molecule has 1 N–H and O–H groups in total. The van der Waals surface area contributed by atoms with Crippen LogP contribution in [-0.4, -0.2) is 69.3 Å². The van der Waals surface area contributed by atoms with E-state index in [1.165, 1.54) is 45.1 Å². The highest BCUT2D eigenvalue weighted by Gasteiger charge is 2.23. The first-order valence-corrected chi connectivity index (χ1v) is 12.6. The number of nitrogens with zero attached hydrogens (tertiary/aromatic N) is 5. The van der Waals surface area contributed by atoms with Crippen molar-refractivity contribution in [3.05, 3.63) is 48.6 Å². The molecule has 0 radical (unpaired) electrons. The molecular formula is C26H38N6O. The topological polar surface area (TPSA) is 65.8 Å². The van der Waals surface area contributed by atoms with Gasteiger partial charge in [-0.05, 0) is 25.8 Å². The molecule has 3 heterocycles. The lowest BCUT2D eigenvalue weighted by molar-refractivity contribution is -0.131. The summed E-state index contributed by atoms with van der Waals surface area (Å²) in [5, 5.41) is 3.37. The molecule has 7 heteroatoms. The highest BCUT2D eigenvalue weighted by molar-refractivity contribution is 5.81. The number of aromatic nitrogens is 3. The van der Waals surface area contributed by atoms with E-state index in [9.17, 15) is 4.79 Å². The number of rotatable bonds is 9. The molecule has 178 valence electrons. The second kappa shape index (κ2) is 12.0. The van der Waals surface area contributed by atoms with Gasteiger partial charge in [0.2, 0.25) is 5.91 Å². The highest BCUT2D eigenvalue weighted by atomic mass is 16.2. The molecule has 1 saturated carbocycles. The van der Waals surface area contributed by atoms with Gasteiger partial charge in [0, 0.05) is 45.0 Å². The van der Waals surface area contributed by atoms with Crippen LogP contribution in [-0.2, 0) is 11.2 Å². The smallest absolute Gasteiger partial charge is 0.242 e. The molecule has 1 saturated heterocycles. The lowest BCUT2D eigenvalue weighted by Gasteiger charge is -2.35. The Kier molecular flexibility index (Phi) is 8.53. The number of anilines is 1. The lowest BCUT2D eigenvalue weighted by Crippen LogP contribution is -2.50. The van der Waals surface area contributed by atoms with Gasteiger partial charge in [-0.1, -0.05) is 56.4 Å². The van der Waals surface area contributed by atoms with E-state index in [1.54, 1.807) is 12.4 Å². The minimum absolute atomic E-state index is 0.154. The largest absolute Gasteiger partial charge is 0.361 e. The zero-order valence-electron chi connectivity index (χ0n) is 20.0. The van der Waals surface area contributed by atoms with Crippen molar-refractivity contribution in [3.63, 3.8) is 0 Å². The molecule has 1 aliphatic carbocycles. The van der Waals surface area contributed by atoms with Crippen molar-refractivity contribution in [1.29, 1.82) is 0 Å². The van der Waals surface area contributed by atoms with Gasteiger partial charge >= 0.3 is 0 Å². The zero-order valence-corrected chi connectivity index (χ0v) is 20.0. The fourth-order valence-electron chi connectivity index (χ4n) is 4.99. The molecule has 1 aliphatic heterocycles. The summed E-state index contributed by atoms with van der Waals surface area (Å²) in [7, 11) is 0. The summed E-state index contributed by atoms with van der Waals surface area (Å²) >= 11 is 0. The van der Waals surface area contributed by atoms with Gasteiger partial charge in [0.1, 0.15) is 5.82 Å². The monoisotopic (exact) mass is 450 g/mol. The van der Waals surface area contributed by atoms with E-state index < -0.39 is 0 Å². The van der Waals surface area contributed by atoms with Crippen LogP contribution in [0.3, 0.4) is 0 Å². The number of imidazole rings is 1. The highest BCUT2D eigenvalue weighted by Crippen LogP contribution is 2.26. The summed E-state index contributed by atoms with van der Waals surface area (Å²) in [5.74, 6) is 1.95. The number of carbonyl (C=O) groups excluding carboxylic acids is 1. The fourth-order valence-corrected chi connectivity index (χ4v) is 4.99. The SMILES string of the molecule is CC=CC=CCc1nc2cnccn2c1NCC(=O)N1CCN(CCC2CCCCC2)CC1. The second-order valence-electron chi connectivity index (χ2n) is 9.24. The molecule has 4 rings (SSSR count). The van der Waals surface area contributed by atoms with Gasteiger partial charge in [-0.25, -0.2) is 4.98 Å². The number of hydrogen-bond acceptors (Lipinski definition) is 5. The molecule has 2 fully saturated rings. The Morgan fingerprint density at radius 2 is 1.97 bits per heavy atom. The van der Waals surface area contributed by atoms with Crippen LogP contribution in [0.25, 0.3) is 5.65 Å². The Morgan fingerprint density at radius 1 is 1.15 bits per heavy atom. The number of amides is 1. The fraction of sp³-hybridized carbons (Fsp3) is 0.577. The molecular weight excluding hydrogens is 412 g/mol. The van der Waals surface area contributed by atoms with Crippen LogP contribution in [0.4, 0.5) is 5.82 Å². The molecule has 0 unspecified atom stereocenters. The first-order chi connectivity index (χ1) is 16.2. The van der Waals surface area contributed by atoms with Crippen LogP contribution in [0.2, 0.25) is 0 Å². The Labute approximate surface area is 197 Å². The van der Waals surface area contributed by atoms with Gasteiger partial charge in [0.15, 0.2) is 5.65 Å². The zero-order chi connectivity index (χ0) is 22.9. The summed E-state index contributed by atoms with van der Waals surface area (Å²) in [6.45, 7) is 7.08. The van der Waals surface area contributed by atoms with E-state index in [1.807, 2.05) is 40.6 Å². The van der Waals surface area contributed by atoms with Gasteiger partial charge in [-0.15, -0.1) is 0 Å². The molecule has 2 aromatic rings. The maximum atomic E-state index is 12.9. The van der Waals surface area contributed by atoms with Gasteiger partial charge in [-0.3, -0.25) is 19.1 Å². The first-order valence-electron chi connectivity index (χ1n) is 12.6. The van der Waals surface area contributed by atoms with Crippen LogP contribution < -0.4 is 5.32 Å². The minimum Gasteiger partial charge on any atom is -0.361 e. The van der Waals surface area contributed by atoms with Crippen LogP contribution >= 0.6 is 0 Å². The van der Waals surface area contributed by atoms with E-state index in [0.29, 0.717) is 6.42 Å². The predicted molar refractivity (Wildman–Crippen MR) is 133 cm³/mol. The van der Waals surface area contributed by atoms with Crippen LogP contribution in [0, 0.1) is 5.92 Å². The number of piperazine rings is 1. The third kappa shape index (κ3) is 6.44. The summed E-state index contributed by atoms with van der Waals surface area (Å²) in [6.07, 6.45) is 22.6. The van der Waals surface area contributed by atoms with E-state index in [-0.39, 0.29) is 12.5 Å². The molecule has 0 atom stereocenters. The number of nitrogens with one attached hydrogen (secondary N) is 1. The normalized spacial score (nSPS) is 18.6. The van der Waals surface area contributed by atoms with Crippen molar-refractivity contribution in [1.82, 2.24) is 24.2 Å². The summed E-state index contributed by atoms with van der Waals surface area (Å²) in [4.78, 5) is 26.4. The quantitative estimate of drug-likeness (QED) is 0.587. The first kappa shape index (κ1) is 23.5. The van der Waals surface area contributed by atoms with Crippen molar-refractivity contribution in [3.8, 4) is 0 Å². The Bertz CT molecular complexity index is 951. The van der Waals surface area contributed by atoms with Gasteiger partial charge in [-0.2, -0.15) is 0 Å². The number of hydrogen-bond donors (Lipinski definition) is 1. The predicted octanol–water partition coefficient (Wildman–Crippen LogP) is 3.93. The van der Waals surface area contributed by atoms with Crippen LogP contribution in [0.5, 0.6) is 0 Å². The van der Waals surface area contributed by atoms with Gasteiger partial charge in [0.25, 0.3) is 0 Å². The third-order valence-corrected chi connectivity index (χ3v) is 6.96. The summed E-state index contributed by atoms with van der Waals surface area (Å²) in [5.41, 5.74) is 1.71. The second-order valence-corrected chi connectivity index (χ2v) is 9.24. The average Bonchev–Trinajstić information content (AvgIpc) is 3.22. The van der Waals surface area contributed by atoms with Crippen molar-refractivity contribution in [2.75, 3.05) is 44.6 Å². The maximum Gasteiger partial charge on any atom is 0.242 e. The standard InChI is InChI=1S/C26H38N6O/c1-2-3-4-8-11-23-26(32-15-13-27-20-24(32)29-23)28-21-25(33)31-18-16-30(17-19-31)14-12-22-9-6-5-7-10-22/h2-4,8,13,15,20,22,28H,5-7,9-12,14,16-19,21H2,1H3. The van der Waals surface area contributed by atoms with Crippen molar-refractivity contribution in [2.24, 2.45) is 5.92 Å². The Balaban J connectivity index is 1.28. The third-order valence-electron chi connectivity index (χ3n) is 6.96. The van der Waals surface area contributed by atoms with E-state index in [2.05, 4.69) is 21.3 Å². The number of allylic oxidation sites excluding steroid dienone is 4. The van der Waals surface area contributed by atoms with Crippen molar-refractivity contribution >= 4 is 17.4 Å². The molecule has 0 spiro atoms. The van der Waals surface area contributed by atoms with E-state index in [0.717, 1.165) is 49.3 Å². The van der Waals surface area contributed by atoms with Gasteiger partial charge in [0.05, 0.1) is 18.4 Å². The Hall–Kier alpha value is -2.67. The molecule has 33 heavy (non-hydrogen) atoms. The summed E-state index contributed by atoms with van der Waals surface area (Å²) < 4.78 is 1.97. The van der Waals surface area contributed by atoms with Crippen LogP contribution in [0.1, 0.15) is 51.1 Å². The van der Waals surface area contributed by atoms with E-state index in [4.69, 9.17) is 4.98 Å². The molecule has 0 aromatic carbocycles. The molecule has 2 aliphatic rings. The minimum atomic E-state index is 0.154. The maximum absolute atomic E-state index is 12.9. The van der Waals surface area contributed by atoms with E-state index >= 15 is 0 Å². The van der Waals surface area contributed by atoms with Crippen LogP contribution in [0.15, 0.2) is 42.9 Å². The Morgan fingerprint density at radius 3 is 2.76 bits per heavy atom. The average molecular weight is 451 g/mol. The molecule has 2 aromatic heterocycles.